The van der Waals surface area contributed by atoms with Crippen LogP contribution < -0.4 is 5.32 Å². The number of hydrogen-bond donors (Lipinski definition) is 2. The maximum atomic E-state index is 11.7. The number of amides is 1. The third-order valence-electron chi connectivity index (χ3n) is 3.90. The Morgan fingerprint density at radius 2 is 1.56 bits per heavy atom. The zero-order chi connectivity index (χ0) is 18.3. The SMILES string of the molecule is CC(C)(Cc1ccc(CNC(=O)OCc2ccccc2)cc1)C(=O)O. The molecule has 2 aromatic carbocycles. The van der Waals surface area contributed by atoms with Gasteiger partial charge in [-0.05, 0) is 37.0 Å². The Labute approximate surface area is 147 Å². The number of aliphatic carboxylic acids is 1. The fourth-order valence-electron chi connectivity index (χ4n) is 2.31. The molecule has 2 N–H and O–H groups in total. The lowest BCUT2D eigenvalue weighted by Crippen LogP contribution is -2.26. The molecule has 0 aliphatic heterocycles. The fraction of sp³-hybridized carbons (Fsp3) is 0.300. The van der Waals surface area contributed by atoms with Crippen LogP contribution >= 0.6 is 0 Å². The van der Waals surface area contributed by atoms with Gasteiger partial charge in [0.25, 0.3) is 0 Å². The molecule has 0 heterocycles. The number of nitrogens with one attached hydrogen (secondary N) is 1. The molecule has 0 aromatic heterocycles. The highest BCUT2D eigenvalue weighted by Crippen LogP contribution is 2.22. The molecule has 5 nitrogen and oxygen atoms in total. The van der Waals surface area contributed by atoms with Gasteiger partial charge in [-0.2, -0.15) is 0 Å². The number of carboxylic acids is 1. The third-order valence-corrected chi connectivity index (χ3v) is 3.90. The number of rotatable bonds is 7. The van der Waals surface area contributed by atoms with Gasteiger partial charge < -0.3 is 15.2 Å². The van der Waals surface area contributed by atoms with E-state index in [9.17, 15) is 14.7 Å². The van der Waals surface area contributed by atoms with Gasteiger partial charge in [0.15, 0.2) is 0 Å². The van der Waals surface area contributed by atoms with Crippen molar-refractivity contribution in [1.82, 2.24) is 5.32 Å². The van der Waals surface area contributed by atoms with E-state index in [0.29, 0.717) is 13.0 Å². The quantitative estimate of drug-likeness (QED) is 0.804. The summed E-state index contributed by atoms with van der Waals surface area (Å²) in [5.74, 6) is -0.820. The number of ether oxygens (including phenoxy) is 1. The van der Waals surface area contributed by atoms with Gasteiger partial charge in [-0.1, -0.05) is 54.6 Å². The van der Waals surface area contributed by atoms with Crippen molar-refractivity contribution < 1.29 is 19.4 Å². The summed E-state index contributed by atoms with van der Waals surface area (Å²) in [5.41, 5.74) is 2.00. The molecule has 2 rings (SSSR count). The highest BCUT2D eigenvalue weighted by Gasteiger charge is 2.27. The van der Waals surface area contributed by atoms with Gasteiger partial charge in [0.1, 0.15) is 6.61 Å². The second kappa shape index (κ2) is 8.33. The highest BCUT2D eigenvalue weighted by atomic mass is 16.5. The molecule has 0 aliphatic carbocycles. The Kier molecular flexibility index (Phi) is 6.17. The normalized spacial score (nSPS) is 11.0. The van der Waals surface area contributed by atoms with E-state index in [0.717, 1.165) is 16.7 Å². The Hall–Kier alpha value is -2.82. The molecular weight excluding hydrogens is 318 g/mol. The van der Waals surface area contributed by atoms with Crippen molar-refractivity contribution in [3.05, 3.63) is 71.3 Å². The number of benzene rings is 2. The third kappa shape index (κ3) is 5.95. The lowest BCUT2D eigenvalue weighted by molar-refractivity contribution is -0.146. The van der Waals surface area contributed by atoms with Crippen LogP contribution in [-0.2, 0) is 29.1 Å². The largest absolute Gasteiger partial charge is 0.481 e. The average molecular weight is 341 g/mol. The Bertz CT molecular complexity index is 708. The number of carbonyl (C=O) groups is 2. The van der Waals surface area contributed by atoms with E-state index < -0.39 is 17.5 Å². The molecule has 0 bridgehead atoms. The molecule has 0 spiro atoms. The van der Waals surface area contributed by atoms with Crippen molar-refractivity contribution in [3.63, 3.8) is 0 Å². The summed E-state index contributed by atoms with van der Waals surface area (Å²) in [6.45, 7) is 3.99. The minimum Gasteiger partial charge on any atom is -0.481 e. The first kappa shape index (κ1) is 18.5. The summed E-state index contributed by atoms with van der Waals surface area (Å²) in [5, 5.41) is 11.9. The fourth-order valence-corrected chi connectivity index (χ4v) is 2.31. The zero-order valence-electron chi connectivity index (χ0n) is 14.5. The van der Waals surface area contributed by atoms with Gasteiger partial charge in [0, 0.05) is 6.54 Å². The standard InChI is InChI=1S/C20H23NO4/c1-20(2,18(22)23)12-15-8-10-16(11-9-15)13-21-19(24)25-14-17-6-4-3-5-7-17/h3-11H,12-14H2,1-2H3,(H,21,24)(H,22,23). The lowest BCUT2D eigenvalue weighted by Gasteiger charge is -2.19. The summed E-state index contributed by atoms with van der Waals surface area (Å²) in [7, 11) is 0. The van der Waals surface area contributed by atoms with Crippen LogP contribution in [0, 0.1) is 5.41 Å². The van der Waals surface area contributed by atoms with Crippen molar-refractivity contribution in [2.75, 3.05) is 0 Å². The minimum atomic E-state index is -0.820. The highest BCUT2D eigenvalue weighted by molar-refractivity contribution is 5.74. The van der Waals surface area contributed by atoms with Crippen molar-refractivity contribution >= 4 is 12.1 Å². The van der Waals surface area contributed by atoms with Crippen LogP contribution in [0.5, 0.6) is 0 Å². The predicted molar refractivity (Wildman–Crippen MR) is 95.0 cm³/mol. The van der Waals surface area contributed by atoms with E-state index in [1.54, 1.807) is 13.8 Å². The maximum Gasteiger partial charge on any atom is 0.407 e. The minimum absolute atomic E-state index is 0.232. The summed E-state index contributed by atoms with van der Waals surface area (Å²) < 4.78 is 5.15. The molecule has 5 heteroatoms. The second-order valence-corrected chi connectivity index (χ2v) is 6.60. The van der Waals surface area contributed by atoms with E-state index in [1.165, 1.54) is 0 Å². The van der Waals surface area contributed by atoms with Gasteiger partial charge in [-0.3, -0.25) is 4.79 Å². The Balaban J connectivity index is 1.79. The first-order valence-electron chi connectivity index (χ1n) is 8.12. The van der Waals surface area contributed by atoms with Gasteiger partial charge in [-0.15, -0.1) is 0 Å². The van der Waals surface area contributed by atoms with Gasteiger partial charge in [0.05, 0.1) is 5.41 Å². The van der Waals surface area contributed by atoms with E-state index in [-0.39, 0.29) is 6.61 Å². The van der Waals surface area contributed by atoms with E-state index >= 15 is 0 Å². The summed E-state index contributed by atoms with van der Waals surface area (Å²) in [6.07, 6.45) is -0.0187. The first-order chi connectivity index (χ1) is 11.9. The van der Waals surface area contributed by atoms with Crippen molar-refractivity contribution in [3.8, 4) is 0 Å². The van der Waals surface area contributed by atoms with Crippen LogP contribution in [0.2, 0.25) is 0 Å². The van der Waals surface area contributed by atoms with Crippen molar-refractivity contribution in [2.45, 2.75) is 33.4 Å². The van der Waals surface area contributed by atoms with Gasteiger partial charge in [0.2, 0.25) is 0 Å². The first-order valence-corrected chi connectivity index (χ1v) is 8.12. The van der Waals surface area contributed by atoms with Crippen molar-refractivity contribution in [2.24, 2.45) is 5.41 Å². The predicted octanol–water partition coefficient (Wildman–Crippen LogP) is 3.77. The molecule has 1 amide bonds. The summed E-state index contributed by atoms with van der Waals surface area (Å²) in [4.78, 5) is 22.9. The molecule has 0 aliphatic rings. The van der Waals surface area contributed by atoms with E-state index in [4.69, 9.17) is 4.74 Å². The zero-order valence-corrected chi connectivity index (χ0v) is 14.5. The average Bonchev–Trinajstić information content (AvgIpc) is 2.60. The molecule has 2 aromatic rings. The second-order valence-electron chi connectivity index (χ2n) is 6.60. The molecule has 25 heavy (non-hydrogen) atoms. The van der Waals surface area contributed by atoms with Crippen LogP contribution in [0.1, 0.15) is 30.5 Å². The molecule has 0 saturated heterocycles. The topological polar surface area (TPSA) is 75.6 Å². The lowest BCUT2D eigenvalue weighted by atomic mass is 9.86. The summed E-state index contributed by atoms with van der Waals surface area (Å²) in [6, 6.07) is 17.0. The molecule has 0 radical (unpaired) electrons. The Morgan fingerprint density at radius 1 is 0.960 bits per heavy atom. The van der Waals surface area contributed by atoms with Crippen LogP contribution in [0.15, 0.2) is 54.6 Å². The van der Waals surface area contributed by atoms with E-state index in [2.05, 4.69) is 5.32 Å². The maximum absolute atomic E-state index is 11.7. The number of carbonyl (C=O) groups excluding carboxylic acids is 1. The smallest absolute Gasteiger partial charge is 0.407 e. The van der Waals surface area contributed by atoms with Crippen LogP contribution in [-0.4, -0.2) is 17.2 Å². The molecule has 0 saturated carbocycles. The summed E-state index contributed by atoms with van der Waals surface area (Å²) >= 11 is 0. The Morgan fingerprint density at radius 3 is 2.16 bits per heavy atom. The van der Waals surface area contributed by atoms with Crippen molar-refractivity contribution in [1.29, 1.82) is 0 Å². The molecule has 0 fully saturated rings. The number of carboxylic acid groups (broad SMARTS) is 1. The molecular formula is C20H23NO4. The number of alkyl carbamates (subject to hydrolysis) is 1. The molecule has 0 atom stereocenters. The van der Waals surface area contributed by atoms with Gasteiger partial charge >= 0.3 is 12.1 Å². The monoisotopic (exact) mass is 341 g/mol. The molecule has 132 valence electrons. The van der Waals surface area contributed by atoms with E-state index in [1.807, 2.05) is 54.6 Å². The van der Waals surface area contributed by atoms with Crippen LogP contribution in [0.4, 0.5) is 4.79 Å². The van der Waals surface area contributed by atoms with Crippen LogP contribution in [0.3, 0.4) is 0 Å². The number of hydrogen-bond acceptors (Lipinski definition) is 3. The van der Waals surface area contributed by atoms with Crippen LogP contribution in [0.25, 0.3) is 0 Å². The van der Waals surface area contributed by atoms with Gasteiger partial charge in [-0.25, -0.2) is 4.79 Å². The molecule has 0 unspecified atom stereocenters.